The van der Waals surface area contributed by atoms with E-state index < -0.39 is 0 Å². The molecule has 2 aromatic carbocycles. The Hall–Kier alpha value is -3.44. The summed E-state index contributed by atoms with van der Waals surface area (Å²) in [6, 6.07) is 18.8. The van der Waals surface area contributed by atoms with Gasteiger partial charge in [-0.15, -0.1) is 22.7 Å². The molecule has 0 bridgehead atoms. The van der Waals surface area contributed by atoms with Crippen LogP contribution in [0.3, 0.4) is 0 Å². The van der Waals surface area contributed by atoms with E-state index in [0.29, 0.717) is 12.3 Å². The van der Waals surface area contributed by atoms with Crippen molar-refractivity contribution in [2.75, 3.05) is 0 Å². The highest BCUT2D eigenvalue weighted by Gasteiger charge is 2.12. The van der Waals surface area contributed by atoms with Gasteiger partial charge in [-0.2, -0.15) is 9.98 Å². The van der Waals surface area contributed by atoms with E-state index >= 15 is 0 Å². The zero-order chi connectivity index (χ0) is 30.6. The van der Waals surface area contributed by atoms with Crippen LogP contribution >= 0.6 is 47.1 Å². The van der Waals surface area contributed by atoms with E-state index in [1.807, 2.05) is 19.1 Å². The van der Waals surface area contributed by atoms with Gasteiger partial charge < -0.3 is 0 Å². The van der Waals surface area contributed by atoms with Gasteiger partial charge in [0.1, 0.15) is 0 Å². The molecular weight excluding hydrogens is 601 g/mol. The van der Waals surface area contributed by atoms with Gasteiger partial charge in [-0.25, -0.2) is 0 Å². The number of aliphatic imine (C=N–C) groups is 2. The van der Waals surface area contributed by atoms with Crippen molar-refractivity contribution in [3.8, 4) is 23.7 Å². The Morgan fingerprint density at radius 3 is 2.14 bits per heavy atom. The molecule has 1 atom stereocenters. The molecule has 2 heterocycles. The number of hydrogen-bond donors (Lipinski definition) is 0. The fraction of sp³-hybridized carbons (Fsp3) is 0.297. The summed E-state index contributed by atoms with van der Waals surface area (Å²) in [7, 11) is 0. The van der Waals surface area contributed by atoms with Crippen LogP contribution in [0.4, 0.5) is 11.4 Å². The summed E-state index contributed by atoms with van der Waals surface area (Å²) in [6.07, 6.45) is 6.35. The highest BCUT2D eigenvalue weighted by molar-refractivity contribution is 7.78. The summed E-state index contributed by atoms with van der Waals surface area (Å²) in [5.41, 5.74) is 6.39. The van der Waals surface area contributed by atoms with Gasteiger partial charge in [-0.05, 0) is 128 Å². The Balaban J connectivity index is 1.65. The van der Waals surface area contributed by atoms with Crippen molar-refractivity contribution < 1.29 is 0 Å². The average molecular weight is 635 g/mol. The fourth-order valence-corrected chi connectivity index (χ4v) is 6.79. The zero-order valence-corrected chi connectivity index (χ0v) is 28.3. The second kappa shape index (κ2) is 16.4. The lowest BCUT2D eigenvalue weighted by Crippen LogP contribution is -1.95. The number of aryl methyl sites for hydroxylation is 2. The minimum Gasteiger partial charge on any atom is -0.194 e. The maximum Gasteiger partial charge on any atom is 0.0804 e. The van der Waals surface area contributed by atoms with Crippen molar-refractivity contribution in [1.29, 1.82) is 0 Å². The SMILES string of the molecule is CCCCc1ccc(C#Cc2cc(C)c(N=C=S)c(Cc3cc(C#Cc4ccc(CC(C)CC)s4)ccc3N=C=S)c2)s1. The number of rotatable bonds is 10. The largest absolute Gasteiger partial charge is 0.194 e. The van der Waals surface area contributed by atoms with E-state index in [1.165, 1.54) is 29.0 Å². The highest BCUT2D eigenvalue weighted by atomic mass is 32.1. The van der Waals surface area contributed by atoms with Crippen LogP contribution in [0, 0.1) is 36.5 Å². The van der Waals surface area contributed by atoms with E-state index in [-0.39, 0.29) is 0 Å². The summed E-state index contributed by atoms with van der Waals surface area (Å²) in [6.45, 7) is 8.77. The first-order valence-electron chi connectivity index (χ1n) is 14.6. The van der Waals surface area contributed by atoms with Gasteiger partial charge in [0, 0.05) is 27.3 Å². The summed E-state index contributed by atoms with van der Waals surface area (Å²) < 4.78 is 0. The summed E-state index contributed by atoms with van der Waals surface area (Å²) in [4.78, 5) is 13.7. The molecule has 0 saturated heterocycles. The van der Waals surface area contributed by atoms with Gasteiger partial charge in [0.15, 0.2) is 0 Å². The molecule has 1 unspecified atom stereocenters. The molecule has 4 rings (SSSR count). The van der Waals surface area contributed by atoms with Gasteiger partial charge in [0.2, 0.25) is 0 Å². The van der Waals surface area contributed by atoms with Crippen molar-refractivity contribution >= 4 is 68.8 Å². The smallest absolute Gasteiger partial charge is 0.0804 e. The molecule has 0 amide bonds. The Morgan fingerprint density at radius 1 is 0.767 bits per heavy atom. The van der Waals surface area contributed by atoms with E-state index in [0.717, 1.165) is 61.8 Å². The molecule has 43 heavy (non-hydrogen) atoms. The predicted molar refractivity (Wildman–Crippen MR) is 192 cm³/mol. The molecule has 0 fully saturated rings. The lowest BCUT2D eigenvalue weighted by atomic mass is 9.96. The molecular formula is C37H34N2S4. The van der Waals surface area contributed by atoms with Crippen molar-refractivity contribution in [3.63, 3.8) is 0 Å². The minimum atomic E-state index is 0.565. The van der Waals surface area contributed by atoms with E-state index in [1.54, 1.807) is 22.7 Å². The molecule has 0 radical (unpaired) electrons. The molecule has 0 N–H and O–H groups in total. The van der Waals surface area contributed by atoms with Crippen LogP contribution in [-0.4, -0.2) is 10.3 Å². The highest BCUT2D eigenvalue weighted by Crippen LogP contribution is 2.31. The van der Waals surface area contributed by atoms with Crippen molar-refractivity contribution in [2.24, 2.45) is 15.9 Å². The normalized spacial score (nSPS) is 10.9. The number of hydrogen-bond acceptors (Lipinski definition) is 6. The predicted octanol–water partition coefficient (Wildman–Crippen LogP) is 10.9. The molecule has 0 aliphatic rings. The lowest BCUT2D eigenvalue weighted by Gasteiger charge is -2.11. The third-order valence-corrected chi connectivity index (χ3v) is 9.44. The third-order valence-electron chi connectivity index (χ3n) is 7.17. The summed E-state index contributed by atoms with van der Waals surface area (Å²) in [5.74, 6) is 14.1. The number of thiophene rings is 2. The third kappa shape index (κ3) is 9.53. The molecule has 6 heteroatoms. The van der Waals surface area contributed by atoms with Gasteiger partial charge in [0.05, 0.1) is 31.5 Å². The van der Waals surface area contributed by atoms with Crippen molar-refractivity contribution in [2.45, 2.75) is 66.2 Å². The lowest BCUT2D eigenvalue weighted by molar-refractivity contribution is 0.565. The van der Waals surface area contributed by atoms with Crippen LogP contribution in [-0.2, 0) is 19.3 Å². The minimum absolute atomic E-state index is 0.565. The molecule has 2 nitrogen and oxygen atoms in total. The van der Waals surface area contributed by atoms with E-state index in [4.69, 9.17) is 24.4 Å². The molecule has 216 valence electrons. The van der Waals surface area contributed by atoms with Gasteiger partial charge in [-0.1, -0.05) is 57.3 Å². The quantitative estimate of drug-likeness (QED) is 0.0985. The first kappa shape index (κ1) is 32.5. The molecule has 4 aromatic rings. The number of benzene rings is 2. The maximum absolute atomic E-state index is 5.00. The maximum atomic E-state index is 5.00. The first-order valence-corrected chi connectivity index (χ1v) is 17.0. The van der Waals surface area contributed by atoms with Crippen LogP contribution in [0.2, 0.25) is 0 Å². The molecule has 0 spiro atoms. The second-order valence-corrected chi connectivity index (χ2v) is 13.3. The van der Waals surface area contributed by atoms with Crippen molar-refractivity contribution in [1.82, 2.24) is 0 Å². The van der Waals surface area contributed by atoms with Crippen LogP contribution < -0.4 is 0 Å². The van der Waals surface area contributed by atoms with E-state index in [2.05, 4.69) is 107 Å². The number of unbranched alkanes of at least 4 members (excludes halogenated alkanes) is 1. The molecule has 0 saturated carbocycles. The zero-order valence-electron chi connectivity index (χ0n) is 25.0. The summed E-state index contributed by atoms with van der Waals surface area (Å²) in [5, 5.41) is 5.08. The summed E-state index contributed by atoms with van der Waals surface area (Å²) >= 11 is 13.5. The Labute approximate surface area is 275 Å². The Bertz CT molecular complexity index is 1810. The van der Waals surface area contributed by atoms with Gasteiger partial charge >= 0.3 is 0 Å². The monoisotopic (exact) mass is 634 g/mol. The second-order valence-electron chi connectivity index (χ2n) is 10.6. The standard InChI is InChI=1S/C37H34N2S4/c1-5-7-8-32-14-15-33(42-32)13-10-29-20-27(4)37(39-25-41)31(22-29)23-30-21-28(11-18-36(30)38-24-40)9-12-34-16-17-35(43-34)19-26(3)6-2/h11,14-18,20-22,26H,5-8,19,23H2,1-4H3. The van der Waals surface area contributed by atoms with Gasteiger partial charge in [0.25, 0.3) is 0 Å². The first-order chi connectivity index (χ1) is 20.9. The van der Waals surface area contributed by atoms with Crippen molar-refractivity contribution in [3.05, 3.63) is 102 Å². The Morgan fingerprint density at radius 2 is 1.44 bits per heavy atom. The average Bonchev–Trinajstić information content (AvgIpc) is 3.66. The molecule has 0 aliphatic carbocycles. The molecule has 2 aromatic heterocycles. The molecule has 0 aliphatic heterocycles. The number of nitrogens with zero attached hydrogens (tertiary/aromatic N) is 2. The number of isothiocyanates is 2. The van der Waals surface area contributed by atoms with Crippen LogP contribution in [0.5, 0.6) is 0 Å². The Kier molecular flexibility index (Phi) is 12.4. The van der Waals surface area contributed by atoms with Crippen LogP contribution in [0.25, 0.3) is 0 Å². The van der Waals surface area contributed by atoms with Gasteiger partial charge in [-0.3, -0.25) is 0 Å². The van der Waals surface area contributed by atoms with Crippen LogP contribution in [0.1, 0.15) is 87.4 Å². The topological polar surface area (TPSA) is 24.7 Å². The van der Waals surface area contributed by atoms with E-state index in [9.17, 15) is 0 Å². The number of thiocarbonyl (C=S) groups is 2. The van der Waals surface area contributed by atoms with Crippen LogP contribution in [0.15, 0.2) is 64.6 Å². The fourth-order valence-electron chi connectivity index (χ4n) is 4.67.